The highest BCUT2D eigenvalue weighted by Crippen LogP contribution is 2.68. The molecule has 4 radical (unpaired) electrons. The van der Waals surface area contributed by atoms with Crippen molar-refractivity contribution in [3.63, 3.8) is 0 Å². The normalized spacial score (nSPS) is 29.6. The zero-order valence-corrected chi connectivity index (χ0v) is 32.5. The first-order chi connectivity index (χ1) is 26.3. The van der Waals surface area contributed by atoms with Gasteiger partial charge in [0.15, 0.2) is 12.7 Å². The quantitative estimate of drug-likeness (QED) is 0.0332. The lowest BCUT2D eigenvalue weighted by Gasteiger charge is -2.33. The highest BCUT2D eigenvalue weighted by atomic mass is 31.3. The van der Waals surface area contributed by atoms with E-state index in [9.17, 15) is 58.1 Å². The van der Waals surface area contributed by atoms with Gasteiger partial charge < -0.3 is 60.2 Å². The van der Waals surface area contributed by atoms with Crippen molar-refractivity contribution in [3.05, 3.63) is 33.4 Å². The van der Waals surface area contributed by atoms with E-state index in [0.29, 0.717) is 0 Å². The van der Waals surface area contributed by atoms with Crippen molar-refractivity contribution in [2.75, 3.05) is 24.7 Å². The third kappa shape index (κ3) is 9.05. The van der Waals surface area contributed by atoms with Gasteiger partial charge in [-0.3, -0.25) is 47.0 Å². The second-order valence-corrected chi connectivity index (χ2v) is 18.8. The lowest BCUT2D eigenvalue weighted by Crippen LogP contribution is -2.46. The Morgan fingerprint density at radius 1 is 0.737 bits per heavy atom. The molecule has 10 N–H and O–H groups in total. The SMILES string of the molecule is [B][P@](=O)(OC[C@H]1O[C@@H]([n+]2cn(C)c3c(=O)[nH]c(N)nc32)[C@H](O)[C@@H]1O)OP(=O)([O-])OP(=O)([O-])O[P@@]([B])(=O)OC[C@H]1O[C@@H]([n+]2cn(C)c3c(=O)[nH]c(N)nc32)[C@H](O)[C@@H]1O. The summed E-state index contributed by atoms with van der Waals surface area (Å²) in [6, 6.07) is 0. The molecule has 4 aromatic heterocycles. The Hall–Kier alpha value is -3.17. The van der Waals surface area contributed by atoms with Crippen molar-refractivity contribution in [1.82, 2.24) is 29.1 Å². The zero-order chi connectivity index (χ0) is 42.2. The van der Waals surface area contributed by atoms with Crippen LogP contribution in [0.4, 0.5) is 11.9 Å². The van der Waals surface area contributed by atoms with Crippen LogP contribution in [-0.4, -0.2) is 114 Å². The van der Waals surface area contributed by atoms with Gasteiger partial charge in [-0.2, -0.15) is 0 Å². The minimum absolute atomic E-state index is 0.00548. The average Bonchev–Trinajstić information content (AvgIpc) is 3.74. The van der Waals surface area contributed by atoms with Gasteiger partial charge in [-0.1, -0.05) is 9.97 Å². The molecule has 6 heterocycles. The second-order valence-electron chi connectivity index (χ2n) is 12.4. The lowest BCUT2D eigenvalue weighted by molar-refractivity contribution is -0.746. The van der Waals surface area contributed by atoms with Crippen LogP contribution in [0.25, 0.3) is 22.3 Å². The summed E-state index contributed by atoms with van der Waals surface area (Å²) in [5, 5.41) is 42.3. The van der Waals surface area contributed by atoms with E-state index in [1.54, 1.807) is 0 Å². The van der Waals surface area contributed by atoms with E-state index in [0.717, 1.165) is 9.13 Å². The highest BCUT2D eigenvalue weighted by Gasteiger charge is 2.49. The van der Waals surface area contributed by atoms with E-state index < -0.39 is 104 Å². The number of aliphatic hydroxyl groups is 4. The predicted octanol–water partition coefficient (Wildman–Crippen LogP) is -5.91. The van der Waals surface area contributed by atoms with E-state index in [2.05, 4.69) is 32.9 Å². The standard InChI is InChI=1S/C22H30B2N10O19P4/c1-31-5-33(15-9(31)17(39)29-21(25)27-15)19-13(37)11(35)7(49-19)3-47-54(23,41)51-56(43,44)53-57(45,46)52-55(24,42)48-4-8-12(36)14(38)20(50-8)34-6-32(2)10-16(34)28-22(26)30-18(10)40/h5-8,11-14,19-20,35-38H,3-4H2,1-2H3,(H6-2,25,26,27,28,29,30,39,40,43,44,45,46)/t7-,8-,11-,12-,13-,14-,19-,20-,54+,55+/m1/s1. The van der Waals surface area contributed by atoms with Crippen molar-refractivity contribution in [3.8, 4) is 0 Å². The Kier molecular flexibility index (Phi) is 11.8. The minimum Gasteiger partial charge on any atom is -0.756 e. The average molecular weight is 884 g/mol. The molecule has 2 saturated heterocycles. The fourth-order valence-electron chi connectivity index (χ4n) is 5.94. The number of imidazole rings is 2. The third-order valence-corrected chi connectivity index (χ3v) is 14.3. The van der Waals surface area contributed by atoms with Gasteiger partial charge in [0.1, 0.15) is 36.6 Å². The molecule has 2 unspecified atom stereocenters. The van der Waals surface area contributed by atoms with E-state index in [1.165, 1.54) is 35.9 Å². The molecule has 0 aromatic carbocycles. The van der Waals surface area contributed by atoms with E-state index in [1.807, 2.05) is 0 Å². The van der Waals surface area contributed by atoms with Crippen LogP contribution in [-0.2, 0) is 63.8 Å². The number of ether oxygens (including phenoxy) is 2. The number of hydrogen-bond acceptors (Lipinski definition) is 23. The van der Waals surface area contributed by atoms with Gasteiger partial charge in [0, 0.05) is 0 Å². The van der Waals surface area contributed by atoms with Gasteiger partial charge in [-0.25, -0.2) is 22.1 Å². The van der Waals surface area contributed by atoms with Gasteiger partial charge >= 0.3 is 11.3 Å². The monoisotopic (exact) mass is 884 g/mol. The number of nitrogens with zero attached hydrogens (tertiary/aromatic N) is 6. The summed E-state index contributed by atoms with van der Waals surface area (Å²) in [5.74, 6) is -0.590. The number of nitrogens with two attached hydrogens (primary N) is 2. The molecule has 4 aromatic rings. The zero-order valence-electron chi connectivity index (χ0n) is 28.9. The van der Waals surface area contributed by atoms with Crippen LogP contribution in [0.3, 0.4) is 0 Å². The maximum absolute atomic E-state index is 12.7. The first kappa shape index (κ1) is 43.4. The summed E-state index contributed by atoms with van der Waals surface area (Å²) in [6.07, 6.45) is -10.8. The van der Waals surface area contributed by atoms with E-state index in [4.69, 9.17) is 45.1 Å². The summed E-state index contributed by atoms with van der Waals surface area (Å²) in [7, 11) is -10.1. The van der Waals surface area contributed by atoms with Crippen LogP contribution >= 0.6 is 30.6 Å². The first-order valence-corrected chi connectivity index (χ1v) is 21.8. The molecule has 35 heteroatoms. The molecule has 0 spiro atoms. The largest absolute Gasteiger partial charge is 0.756 e. The third-order valence-electron chi connectivity index (χ3n) is 8.27. The molecule has 2 aliphatic heterocycles. The van der Waals surface area contributed by atoms with Crippen molar-refractivity contribution < 1.29 is 89.1 Å². The number of H-pyrrole nitrogens is 2. The molecule has 2 aliphatic rings. The fourth-order valence-corrected chi connectivity index (χ4v) is 11.0. The molecule has 12 atom stereocenters. The first-order valence-electron chi connectivity index (χ1n) is 15.7. The number of aromatic nitrogens is 8. The van der Waals surface area contributed by atoms with E-state index >= 15 is 0 Å². The van der Waals surface area contributed by atoms with Crippen LogP contribution < -0.4 is 41.5 Å². The second kappa shape index (κ2) is 15.5. The molecule has 29 nitrogen and oxygen atoms in total. The fraction of sp³-hybridized carbons (Fsp3) is 0.545. The topological polar surface area (TPSA) is 421 Å². The van der Waals surface area contributed by atoms with Gasteiger partial charge in [-0.15, -0.1) is 0 Å². The Balaban J connectivity index is 1.04. The smallest absolute Gasteiger partial charge is 0.313 e. The molecule has 6 rings (SSSR count). The van der Waals surface area contributed by atoms with Crippen LogP contribution in [0.2, 0.25) is 0 Å². The number of aromatic amines is 2. The summed E-state index contributed by atoms with van der Waals surface area (Å²) in [5.41, 5.74) is 9.74. The molecular weight excluding hydrogens is 854 g/mol. The van der Waals surface area contributed by atoms with Crippen LogP contribution in [0, 0.1) is 0 Å². The minimum atomic E-state index is -6.38. The summed E-state index contributed by atoms with van der Waals surface area (Å²) < 4.78 is 87.3. The lowest BCUT2D eigenvalue weighted by atomic mass is 10.1. The van der Waals surface area contributed by atoms with Crippen molar-refractivity contribution in [2.24, 2.45) is 14.1 Å². The number of nitrogens with one attached hydrogen (secondary N) is 2. The van der Waals surface area contributed by atoms with Crippen molar-refractivity contribution >= 4 is 79.9 Å². The summed E-state index contributed by atoms with van der Waals surface area (Å²) in [4.78, 5) is 61.9. The van der Waals surface area contributed by atoms with Crippen molar-refractivity contribution in [1.29, 1.82) is 0 Å². The number of anilines is 2. The van der Waals surface area contributed by atoms with E-state index in [-0.39, 0.29) is 34.2 Å². The molecular formula is C22H30B2N10O19P4. The Bertz CT molecular complexity index is 2370. The molecule has 2 fully saturated rings. The van der Waals surface area contributed by atoms with Crippen LogP contribution in [0.1, 0.15) is 12.5 Å². The number of aliphatic hydroxyl groups excluding tert-OH is 4. The number of rotatable bonds is 14. The Morgan fingerprint density at radius 2 is 1.09 bits per heavy atom. The molecule has 0 bridgehead atoms. The molecule has 0 aliphatic carbocycles. The number of hydrogen-bond donors (Lipinski definition) is 8. The number of aryl methyl sites for hydroxylation is 2. The number of nitrogen functional groups attached to an aromatic ring is 2. The maximum Gasteiger partial charge on any atom is 0.313 e. The number of phosphoric acid groups is 2. The van der Waals surface area contributed by atoms with Gasteiger partial charge in [0.25, 0.3) is 53.6 Å². The molecule has 308 valence electrons. The van der Waals surface area contributed by atoms with Gasteiger partial charge in [-0.05, 0) is 0 Å². The van der Waals surface area contributed by atoms with Crippen LogP contribution in [0.15, 0.2) is 22.2 Å². The molecule has 0 amide bonds. The van der Waals surface area contributed by atoms with Crippen LogP contribution in [0.5, 0.6) is 0 Å². The number of fused-ring (bicyclic) bond motifs is 2. The highest BCUT2D eigenvalue weighted by molar-refractivity contribution is 7.85. The van der Waals surface area contributed by atoms with Gasteiger partial charge in [0.05, 0.1) is 27.3 Å². The summed E-state index contributed by atoms with van der Waals surface area (Å²) in [6.45, 7) is -2.12. The maximum atomic E-state index is 12.7. The van der Waals surface area contributed by atoms with Crippen molar-refractivity contribution in [2.45, 2.75) is 49.1 Å². The Morgan fingerprint density at radius 3 is 1.44 bits per heavy atom. The summed E-state index contributed by atoms with van der Waals surface area (Å²) >= 11 is 0. The Labute approximate surface area is 319 Å². The van der Waals surface area contributed by atoms with Gasteiger partial charge in [0.2, 0.25) is 38.6 Å². The molecule has 0 saturated carbocycles. The predicted molar refractivity (Wildman–Crippen MR) is 181 cm³/mol. The molecule has 57 heavy (non-hydrogen) atoms.